The molecule has 0 unspecified atom stereocenters. The molecule has 0 N–H and O–H groups in total. The van der Waals surface area contributed by atoms with Crippen molar-refractivity contribution in [3.8, 4) is 11.5 Å². The Balaban J connectivity index is 2.40. The van der Waals surface area contributed by atoms with E-state index in [4.69, 9.17) is 4.74 Å². The molecular formula is C13H17F3O2S. The van der Waals surface area contributed by atoms with Crippen LogP contribution in [-0.4, -0.2) is 24.5 Å². The van der Waals surface area contributed by atoms with E-state index in [1.54, 1.807) is 6.07 Å². The van der Waals surface area contributed by atoms with Gasteiger partial charge in [0.1, 0.15) is 0 Å². The van der Waals surface area contributed by atoms with Gasteiger partial charge in [-0.2, -0.15) is 11.8 Å². The van der Waals surface area contributed by atoms with Gasteiger partial charge in [-0.1, -0.05) is 19.1 Å². The number of benzene rings is 1. The molecule has 1 rings (SSSR count). The summed E-state index contributed by atoms with van der Waals surface area (Å²) in [4.78, 5) is 0. The van der Waals surface area contributed by atoms with Crippen LogP contribution in [0.3, 0.4) is 0 Å². The molecule has 0 amide bonds. The van der Waals surface area contributed by atoms with Gasteiger partial charge in [-0.05, 0) is 36.5 Å². The fraction of sp³-hybridized carbons (Fsp3) is 0.538. The van der Waals surface area contributed by atoms with Crippen LogP contribution in [0.4, 0.5) is 13.2 Å². The van der Waals surface area contributed by atoms with E-state index in [2.05, 4.69) is 11.7 Å². The van der Waals surface area contributed by atoms with Crippen molar-refractivity contribution in [3.63, 3.8) is 0 Å². The first-order chi connectivity index (χ1) is 9.03. The number of halogens is 3. The van der Waals surface area contributed by atoms with Crippen LogP contribution in [0.25, 0.3) is 0 Å². The monoisotopic (exact) mass is 294 g/mol. The average molecular weight is 294 g/mol. The highest BCUT2D eigenvalue weighted by Gasteiger charge is 2.32. The number of hydrogen-bond donors (Lipinski definition) is 0. The van der Waals surface area contributed by atoms with Crippen LogP contribution < -0.4 is 9.47 Å². The van der Waals surface area contributed by atoms with Gasteiger partial charge < -0.3 is 9.47 Å². The van der Waals surface area contributed by atoms with E-state index in [1.807, 2.05) is 11.8 Å². The molecule has 0 atom stereocenters. The molecule has 6 heteroatoms. The van der Waals surface area contributed by atoms with Gasteiger partial charge >= 0.3 is 6.36 Å². The second-order valence-corrected chi connectivity index (χ2v) is 5.14. The molecule has 2 nitrogen and oxygen atoms in total. The van der Waals surface area contributed by atoms with Crippen LogP contribution in [0.5, 0.6) is 11.5 Å². The van der Waals surface area contributed by atoms with E-state index < -0.39 is 6.36 Å². The molecule has 1 aromatic carbocycles. The summed E-state index contributed by atoms with van der Waals surface area (Å²) in [6, 6.07) is 5.81. The third kappa shape index (κ3) is 7.20. The zero-order valence-electron chi connectivity index (χ0n) is 10.7. The smallest absolute Gasteiger partial charge is 0.490 e. The molecule has 0 spiro atoms. The van der Waals surface area contributed by atoms with Gasteiger partial charge in [0.05, 0.1) is 6.61 Å². The summed E-state index contributed by atoms with van der Waals surface area (Å²) in [6.07, 6.45) is -2.90. The third-order valence-corrected chi connectivity index (χ3v) is 3.21. The Labute approximate surface area is 115 Å². The van der Waals surface area contributed by atoms with Crippen LogP contribution >= 0.6 is 11.8 Å². The maximum absolute atomic E-state index is 12.2. The molecule has 1 aromatic rings. The summed E-state index contributed by atoms with van der Waals surface area (Å²) >= 11 is 1.84. The Morgan fingerprint density at radius 1 is 1.11 bits per heavy atom. The standard InChI is InChI=1S/C13H17F3O2S/c1-2-19-10-6-5-9-17-11-7-3-4-8-12(11)18-13(14,15)16/h3-4,7-8H,2,5-6,9-10H2,1H3. The van der Waals surface area contributed by atoms with Crippen molar-refractivity contribution < 1.29 is 22.6 Å². The molecule has 0 aliphatic carbocycles. The predicted molar refractivity (Wildman–Crippen MR) is 70.9 cm³/mol. The molecule has 19 heavy (non-hydrogen) atoms. The van der Waals surface area contributed by atoms with E-state index in [0.717, 1.165) is 24.3 Å². The average Bonchev–Trinajstić information content (AvgIpc) is 2.33. The van der Waals surface area contributed by atoms with Gasteiger partial charge in [0.25, 0.3) is 0 Å². The fourth-order valence-corrected chi connectivity index (χ4v) is 2.11. The number of ether oxygens (including phenoxy) is 2. The number of thioether (sulfide) groups is 1. The van der Waals surface area contributed by atoms with Gasteiger partial charge in [-0.25, -0.2) is 0 Å². The van der Waals surface area contributed by atoms with Crippen LogP contribution in [-0.2, 0) is 0 Å². The van der Waals surface area contributed by atoms with E-state index in [0.29, 0.717) is 6.61 Å². The van der Waals surface area contributed by atoms with Crippen molar-refractivity contribution in [1.29, 1.82) is 0 Å². The first-order valence-electron chi connectivity index (χ1n) is 6.08. The second-order valence-electron chi connectivity index (χ2n) is 3.75. The highest BCUT2D eigenvalue weighted by molar-refractivity contribution is 7.99. The minimum Gasteiger partial charge on any atom is -0.490 e. The van der Waals surface area contributed by atoms with Gasteiger partial charge in [0.15, 0.2) is 11.5 Å². The van der Waals surface area contributed by atoms with Crippen LogP contribution in [0.2, 0.25) is 0 Å². The number of alkyl halides is 3. The lowest BCUT2D eigenvalue weighted by atomic mass is 10.3. The Bertz CT molecular complexity index is 369. The summed E-state index contributed by atoms with van der Waals surface area (Å²) < 4.78 is 45.7. The molecule has 0 radical (unpaired) electrons. The molecule has 0 aromatic heterocycles. The lowest BCUT2D eigenvalue weighted by Crippen LogP contribution is -2.17. The topological polar surface area (TPSA) is 18.5 Å². The maximum atomic E-state index is 12.2. The number of para-hydroxylation sites is 2. The molecule has 0 saturated carbocycles. The van der Waals surface area contributed by atoms with Gasteiger partial charge in [-0.3, -0.25) is 0 Å². The van der Waals surface area contributed by atoms with Crippen LogP contribution in [0.15, 0.2) is 24.3 Å². The van der Waals surface area contributed by atoms with Crippen LogP contribution in [0.1, 0.15) is 19.8 Å². The largest absolute Gasteiger partial charge is 0.573 e. The maximum Gasteiger partial charge on any atom is 0.573 e. The third-order valence-electron chi connectivity index (χ3n) is 2.22. The van der Waals surface area contributed by atoms with Crippen molar-refractivity contribution >= 4 is 11.8 Å². The van der Waals surface area contributed by atoms with Crippen molar-refractivity contribution in [2.45, 2.75) is 26.1 Å². The van der Waals surface area contributed by atoms with Crippen molar-refractivity contribution in [1.82, 2.24) is 0 Å². The Kier molecular flexibility index (Phi) is 6.91. The zero-order chi connectivity index (χ0) is 14.1. The Hall–Kier alpha value is -1.04. The molecule has 0 heterocycles. The Morgan fingerprint density at radius 3 is 2.42 bits per heavy atom. The minimum absolute atomic E-state index is 0.128. The summed E-state index contributed by atoms with van der Waals surface area (Å²) in [5.74, 6) is 1.95. The second kappa shape index (κ2) is 8.19. The first kappa shape index (κ1) is 16.0. The molecule has 108 valence electrons. The van der Waals surface area contributed by atoms with Crippen molar-refractivity contribution in [2.75, 3.05) is 18.1 Å². The first-order valence-corrected chi connectivity index (χ1v) is 7.23. The summed E-state index contributed by atoms with van der Waals surface area (Å²) in [6.45, 7) is 2.48. The zero-order valence-corrected chi connectivity index (χ0v) is 11.5. The van der Waals surface area contributed by atoms with Gasteiger partial charge in [-0.15, -0.1) is 13.2 Å². The molecule has 0 aliphatic rings. The van der Waals surface area contributed by atoms with E-state index in [-0.39, 0.29) is 11.5 Å². The molecule has 0 aliphatic heterocycles. The van der Waals surface area contributed by atoms with Crippen molar-refractivity contribution in [2.24, 2.45) is 0 Å². The molecule has 0 saturated heterocycles. The lowest BCUT2D eigenvalue weighted by Gasteiger charge is -2.13. The number of rotatable bonds is 8. The summed E-state index contributed by atoms with van der Waals surface area (Å²) in [7, 11) is 0. The van der Waals surface area contributed by atoms with E-state index in [9.17, 15) is 13.2 Å². The highest BCUT2D eigenvalue weighted by Crippen LogP contribution is 2.31. The molecular weight excluding hydrogens is 277 g/mol. The summed E-state index contributed by atoms with van der Waals surface area (Å²) in [5.41, 5.74) is 0. The van der Waals surface area contributed by atoms with Crippen molar-refractivity contribution in [3.05, 3.63) is 24.3 Å². The van der Waals surface area contributed by atoms with Gasteiger partial charge in [0, 0.05) is 0 Å². The SMILES string of the molecule is CCSCCCCOc1ccccc1OC(F)(F)F. The van der Waals surface area contributed by atoms with Gasteiger partial charge in [0.2, 0.25) is 0 Å². The van der Waals surface area contributed by atoms with E-state index in [1.165, 1.54) is 18.2 Å². The quantitative estimate of drug-likeness (QED) is 0.658. The molecule has 0 fully saturated rings. The fourth-order valence-electron chi connectivity index (χ4n) is 1.41. The normalized spacial score (nSPS) is 11.4. The lowest BCUT2D eigenvalue weighted by molar-refractivity contribution is -0.275. The molecule has 0 bridgehead atoms. The highest BCUT2D eigenvalue weighted by atomic mass is 32.2. The number of unbranched alkanes of at least 4 members (excludes halogenated alkanes) is 1. The number of hydrogen-bond acceptors (Lipinski definition) is 3. The summed E-state index contributed by atoms with van der Waals surface area (Å²) in [5, 5.41) is 0. The minimum atomic E-state index is -4.70. The predicted octanol–water partition coefficient (Wildman–Crippen LogP) is 4.50. The van der Waals surface area contributed by atoms with Crippen LogP contribution in [0, 0.1) is 0 Å². The van der Waals surface area contributed by atoms with E-state index >= 15 is 0 Å². The Morgan fingerprint density at radius 2 is 1.79 bits per heavy atom.